The van der Waals surface area contributed by atoms with E-state index in [-0.39, 0.29) is 0 Å². The van der Waals surface area contributed by atoms with E-state index in [0.29, 0.717) is 0 Å². The molecular formula is C10H12N2. The lowest BCUT2D eigenvalue weighted by atomic mass is 10.2. The van der Waals surface area contributed by atoms with Crippen LogP contribution in [0.25, 0.3) is 0 Å². The molecule has 1 saturated carbocycles. The van der Waals surface area contributed by atoms with E-state index in [1.54, 1.807) is 0 Å². The minimum Gasteiger partial charge on any atom is -0.316 e. The van der Waals surface area contributed by atoms with E-state index in [1.165, 1.54) is 18.8 Å². The zero-order chi connectivity index (χ0) is 7.97. The van der Waals surface area contributed by atoms with Crippen molar-refractivity contribution in [1.29, 1.82) is 0 Å². The number of nitrogens with one attached hydrogen (secondary N) is 1. The van der Waals surface area contributed by atoms with E-state index < -0.39 is 0 Å². The van der Waals surface area contributed by atoms with Crippen molar-refractivity contribution in [1.82, 2.24) is 10.3 Å². The van der Waals surface area contributed by atoms with Gasteiger partial charge in [-0.15, -0.1) is 0 Å². The summed E-state index contributed by atoms with van der Waals surface area (Å²) in [6, 6.07) is 6.23. The lowest BCUT2D eigenvalue weighted by Gasteiger charge is -2.02. The zero-order valence-electron chi connectivity index (χ0n) is 6.90. The van der Waals surface area contributed by atoms with Crippen molar-refractivity contribution in [2.75, 3.05) is 13.1 Å². The van der Waals surface area contributed by atoms with Crippen molar-refractivity contribution in [2.24, 2.45) is 11.8 Å². The molecule has 2 heteroatoms. The van der Waals surface area contributed by atoms with Crippen LogP contribution in [0.15, 0.2) is 24.4 Å². The highest BCUT2D eigenvalue weighted by molar-refractivity contribution is 5.24. The summed E-state index contributed by atoms with van der Waals surface area (Å²) in [5.74, 6) is 2.55. The number of hydrogen-bond donors (Lipinski definition) is 1. The number of aromatic nitrogens is 1. The van der Waals surface area contributed by atoms with E-state index in [2.05, 4.69) is 22.4 Å². The number of rotatable bonds is 1. The Labute approximate surface area is 72.0 Å². The minimum absolute atomic E-state index is 0.771. The summed E-state index contributed by atoms with van der Waals surface area (Å²) in [6.45, 7) is 2.40. The predicted molar refractivity (Wildman–Crippen MR) is 46.8 cm³/mol. The molecule has 2 nitrogen and oxygen atoms in total. The highest BCUT2D eigenvalue weighted by atomic mass is 15.0. The Morgan fingerprint density at radius 2 is 2.08 bits per heavy atom. The smallest absolute Gasteiger partial charge is 0.0441 e. The molecule has 1 aromatic rings. The normalized spacial score (nSPS) is 37.8. The molecule has 1 aromatic heterocycles. The van der Waals surface area contributed by atoms with Crippen molar-refractivity contribution in [2.45, 2.75) is 5.92 Å². The van der Waals surface area contributed by atoms with Gasteiger partial charge in [0.25, 0.3) is 0 Å². The first-order chi connectivity index (χ1) is 5.97. The summed E-state index contributed by atoms with van der Waals surface area (Å²) in [4.78, 5) is 4.40. The molecule has 0 aromatic carbocycles. The third-order valence-electron chi connectivity index (χ3n) is 3.12. The number of hydrogen-bond acceptors (Lipinski definition) is 2. The Kier molecular flexibility index (Phi) is 1.27. The van der Waals surface area contributed by atoms with Gasteiger partial charge in [0, 0.05) is 17.8 Å². The Balaban J connectivity index is 1.85. The molecule has 1 N–H and O–H groups in total. The monoisotopic (exact) mass is 160 g/mol. The van der Waals surface area contributed by atoms with Gasteiger partial charge in [0.05, 0.1) is 0 Å². The molecule has 1 aliphatic heterocycles. The highest BCUT2D eigenvalue weighted by Crippen LogP contribution is 2.54. The van der Waals surface area contributed by atoms with Crippen molar-refractivity contribution in [3.63, 3.8) is 0 Å². The van der Waals surface area contributed by atoms with Gasteiger partial charge < -0.3 is 5.32 Å². The van der Waals surface area contributed by atoms with Gasteiger partial charge in [0.1, 0.15) is 0 Å². The fourth-order valence-corrected chi connectivity index (χ4v) is 2.43. The Morgan fingerprint density at radius 3 is 2.75 bits per heavy atom. The molecule has 2 heterocycles. The van der Waals surface area contributed by atoms with E-state index in [9.17, 15) is 0 Å². The fourth-order valence-electron chi connectivity index (χ4n) is 2.43. The Bertz CT molecular complexity index is 273. The lowest BCUT2D eigenvalue weighted by molar-refractivity contribution is 0.675. The van der Waals surface area contributed by atoms with Crippen LogP contribution in [0.5, 0.6) is 0 Å². The van der Waals surface area contributed by atoms with Crippen LogP contribution in [-0.2, 0) is 0 Å². The first-order valence-corrected chi connectivity index (χ1v) is 4.58. The third kappa shape index (κ3) is 0.815. The summed E-state index contributed by atoms with van der Waals surface area (Å²) in [5.41, 5.74) is 1.30. The van der Waals surface area contributed by atoms with Gasteiger partial charge in [-0.2, -0.15) is 0 Å². The molecule has 2 fully saturated rings. The van der Waals surface area contributed by atoms with Crippen LogP contribution in [0.2, 0.25) is 0 Å². The standard InChI is InChI=1S/C10H12N2/c1-2-4-12-9(3-1)10-7-5-11-6-8(7)10/h1-4,7-8,10-11H,5-6H2. The average molecular weight is 160 g/mol. The van der Waals surface area contributed by atoms with Gasteiger partial charge in [-0.25, -0.2) is 0 Å². The molecule has 2 unspecified atom stereocenters. The Morgan fingerprint density at radius 1 is 1.25 bits per heavy atom. The van der Waals surface area contributed by atoms with Gasteiger partial charge in [0.2, 0.25) is 0 Å². The van der Waals surface area contributed by atoms with Crippen LogP contribution in [0.3, 0.4) is 0 Å². The summed E-state index contributed by atoms with van der Waals surface area (Å²) in [6.07, 6.45) is 1.90. The maximum absolute atomic E-state index is 4.40. The lowest BCUT2D eigenvalue weighted by Crippen LogP contribution is -2.14. The summed E-state index contributed by atoms with van der Waals surface area (Å²) >= 11 is 0. The van der Waals surface area contributed by atoms with Crippen LogP contribution < -0.4 is 5.32 Å². The van der Waals surface area contributed by atoms with Gasteiger partial charge in [0.15, 0.2) is 0 Å². The van der Waals surface area contributed by atoms with Crippen molar-refractivity contribution >= 4 is 0 Å². The number of fused-ring (bicyclic) bond motifs is 1. The zero-order valence-corrected chi connectivity index (χ0v) is 6.90. The molecule has 2 aliphatic rings. The van der Waals surface area contributed by atoms with E-state index in [4.69, 9.17) is 0 Å². The van der Waals surface area contributed by atoms with Gasteiger partial charge in [-0.1, -0.05) is 6.07 Å². The number of nitrogens with zero attached hydrogens (tertiary/aromatic N) is 1. The summed E-state index contributed by atoms with van der Waals surface area (Å²) in [5, 5.41) is 3.39. The molecule has 1 aliphatic carbocycles. The van der Waals surface area contributed by atoms with Gasteiger partial charge >= 0.3 is 0 Å². The molecular weight excluding hydrogens is 148 g/mol. The summed E-state index contributed by atoms with van der Waals surface area (Å²) < 4.78 is 0. The van der Waals surface area contributed by atoms with E-state index in [1.807, 2.05) is 12.3 Å². The molecule has 3 rings (SSSR count). The average Bonchev–Trinajstić information content (AvgIpc) is 2.62. The summed E-state index contributed by atoms with van der Waals surface area (Å²) in [7, 11) is 0. The second kappa shape index (κ2) is 2.30. The molecule has 0 spiro atoms. The molecule has 2 atom stereocenters. The largest absolute Gasteiger partial charge is 0.316 e. The van der Waals surface area contributed by atoms with Gasteiger partial charge in [-0.3, -0.25) is 4.98 Å². The molecule has 62 valence electrons. The highest BCUT2D eigenvalue weighted by Gasteiger charge is 2.54. The van der Waals surface area contributed by atoms with Crippen LogP contribution in [0.4, 0.5) is 0 Å². The molecule has 0 amide bonds. The second-order valence-electron chi connectivity index (χ2n) is 3.77. The molecule has 0 bridgehead atoms. The van der Waals surface area contributed by atoms with E-state index in [0.717, 1.165) is 17.8 Å². The predicted octanol–water partition coefficient (Wildman–Crippen LogP) is 1.01. The molecule has 0 radical (unpaired) electrons. The maximum Gasteiger partial charge on any atom is 0.0441 e. The first kappa shape index (κ1) is 6.61. The van der Waals surface area contributed by atoms with Crippen LogP contribution in [0.1, 0.15) is 11.6 Å². The maximum atomic E-state index is 4.40. The minimum atomic E-state index is 0.771. The second-order valence-corrected chi connectivity index (χ2v) is 3.77. The quantitative estimate of drug-likeness (QED) is 0.663. The SMILES string of the molecule is c1ccc(C2C3CNCC32)nc1. The third-order valence-corrected chi connectivity index (χ3v) is 3.12. The van der Waals surface area contributed by atoms with Crippen molar-refractivity contribution in [3.8, 4) is 0 Å². The first-order valence-electron chi connectivity index (χ1n) is 4.58. The number of piperidine rings is 1. The Hall–Kier alpha value is -0.890. The molecule has 1 saturated heterocycles. The number of pyridine rings is 1. The van der Waals surface area contributed by atoms with Crippen LogP contribution in [-0.4, -0.2) is 18.1 Å². The van der Waals surface area contributed by atoms with Crippen molar-refractivity contribution in [3.05, 3.63) is 30.1 Å². The van der Waals surface area contributed by atoms with Crippen molar-refractivity contribution < 1.29 is 0 Å². The van der Waals surface area contributed by atoms with Crippen LogP contribution in [0, 0.1) is 11.8 Å². The topological polar surface area (TPSA) is 24.9 Å². The van der Waals surface area contributed by atoms with Gasteiger partial charge in [-0.05, 0) is 37.1 Å². The van der Waals surface area contributed by atoms with Crippen LogP contribution >= 0.6 is 0 Å². The molecule has 12 heavy (non-hydrogen) atoms. The fraction of sp³-hybridized carbons (Fsp3) is 0.500. The van der Waals surface area contributed by atoms with E-state index >= 15 is 0 Å².